The van der Waals surface area contributed by atoms with Gasteiger partial charge in [-0.05, 0) is 73.7 Å². The summed E-state index contributed by atoms with van der Waals surface area (Å²) in [6.45, 7) is 4.20. The third-order valence-electron chi connectivity index (χ3n) is 5.78. The highest BCUT2D eigenvalue weighted by atomic mass is 35.5. The molecule has 0 radical (unpaired) electrons. The van der Waals surface area contributed by atoms with Crippen LogP contribution < -0.4 is 5.32 Å². The summed E-state index contributed by atoms with van der Waals surface area (Å²) in [5, 5.41) is 23.3. The molecule has 3 N–H and O–H groups in total. The standard InChI is InChI=1S/C27H30ClNO5S.ClH/c1-18-6-12-26(22(14-18)9-13-27(31)32)35(33,34)24-10-7-20(8-11-24)15-19(2)29-17-25(30)21-4-3-5-23(28)16-21;/h3-8,10-12,14,16,19,25,29-30H,9,13,15,17H2,1-2H3,(H,31,32);1H/t19-,25-;/m1./s1. The molecule has 3 aromatic rings. The van der Waals surface area contributed by atoms with Gasteiger partial charge < -0.3 is 15.5 Å². The number of carboxylic acids is 1. The molecular weight excluding hydrogens is 521 g/mol. The van der Waals surface area contributed by atoms with Gasteiger partial charge in [0.2, 0.25) is 9.84 Å². The Bertz CT molecular complexity index is 1280. The molecule has 36 heavy (non-hydrogen) atoms. The maximum Gasteiger partial charge on any atom is 0.303 e. The smallest absolute Gasteiger partial charge is 0.303 e. The number of halogens is 2. The average Bonchev–Trinajstić information content (AvgIpc) is 2.81. The van der Waals surface area contributed by atoms with Gasteiger partial charge in [-0.1, -0.05) is 53.6 Å². The second kappa shape index (κ2) is 13.2. The van der Waals surface area contributed by atoms with Crippen molar-refractivity contribution in [3.05, 3.63) is 94.0 Å². The number of hydrogen-bond acceptors (Lipinski definition) is 5. The summed E-state index contributed by atoms with van der Waals surface area (Å²) in [6.07, 6.45) is -0.0272. The Morgan fingerprint density at radius 2 is 1.75 bits per heavy atom. The number of sulfone groups is 1. The number of carboxylic acid groups (broad SMARTS) is 1. The second-order valence-corrected chi connectivity index (χ2v) is 11.1. The SMILES string of the molecule is Cc1ccc(S(=O)(=O)c2ccc(C[C@@H](C)NC[C@@H](O)c3cccc(Cl)c3)cc2)c(CCC(=O)O)c1.Cl. The van der Waals surface area contributed by atoms with E-state index in [1.54, 1.807) is 60.7 Å². The topological polar surface area (TPSA) is 104 Å². The van der Waals surface area contributed by atoms with Gasteiger partial charge in [0, 0.05) is 24.0 Å². The lowest BCUT2D eigenvalue weighted by Gasteiger charge is -2.18. The minimum atomic E-state index is -3.79. The highest BCUT2D eigenvalue weighted by Gasteiger charge is 2.22. The molecule has 0 aliphatic rings. The van der Waals surface area contributed by atoms with E-state index in [1.807, 2.05) is 19.9 Å². The predicted octanol–water partition coefficient (Wildman–Crippen LogP) is 5.17. The molecule has 0 bridgehead atoms. The number of carbonyl (C=O) groups is 1. The normalized spacial score (nSPS) is 13.0. The lowest BCUT2D eigenvalue weighted by Crippen LogP contribution is -2.32. The summed E-state index contributed by atoms with van der Waals surface area (Å²) in [6, 6.07) is 18.9. The van der Waals surface area contributed by atoms with E-state index >= 15 is 0 Å². The fourth-order valence-corrected chi connectivity index (χ4v) is 5.61. The fraction of sp³-hybridized carbons (Fsp3) is 0.296. The summed E-state index contributed by atoms with van der Waals surface area (Å²) in [5.74, 6) is -0.970. The van der Waals surface area contributed by atoms with E-state index in [2.05, 4.69) is 5.32 Å². The van der Waals surface area contributed by atoms with Crippen LogP contribution in [0.4, 0.5) is 0 Å². The zero-order valence-electron chi connectivity index (χ0n) is 20.1. The van der Waals surface area contributed by atoms with Crippen molar-refractivity contribution in [1.29, 1.82) is 0 Å². The Kier molecular flexibility index (Phi) is 10.9. The molecule has 0 spiro atoms. The van der Waals surface area contributed by atoms with Crippen LogP contribution in [0.3, 0.4) is 0 Å². The molecule has 0 saturated carbocycles. The number of aliphatic carboxylic acids is 1. The van der Waals surface area contributed by atoms with Crippen LogP contribution in [0, 0.1) is 6.92 Å². The first-order valence-corrected chi connectivity index (χ1v) is 13.2. The molecule has 0 aliphatic carbocycles. The van der Waals surface area contributed by atoms with Gasteiger partial charge in [-0.3, -0.25) is 4.79 Å². The third-order valence-corrected chi connectivity index (χ3v) is 7.89. The Morgan fingerprint density at radius 1 is 1.06 bits per heavy atom. The molecule has 194 valence electrons. The van der Waals surface area contributed by atoms with E-state index in [0.717, 1.165) is 16.7 Å². The molecule has 0 unspecified atom stereocenters. The molecule has 0 fully saturated rings. The molecule has 2 atom stereocenters. The van der Waals surface area contributed by atoms with Crippen LogP contribution in [-0.2, 0) is 27.5 Å². The van der Waals surface area contributed by atoms with Crippen molar-refractivity contribution in [3.8, 4) is 0 Å². The van der Waals surface area contributed by atoms with Crippen LogP contribution in [0.2, 0.25) is 5.02 Å². The summed E-state index contributed by atoms with van der Waals surface area (Å²) < 4.78 is 26.6. The zero-order valence-corrected chi connectivity index (χ0v) is 22.5. The van der Waals surface area contributed by atoms with Crippen LogP contribution in [0.1, 0.15) is 41.7 Å². The minimum Gasteiger partial charge on any atom is -0.481 e. The summed E-state index contributed by atoms with van der Waals surface area (Å²) in [7, 11) is -3.79. The number of rotatable bonds is 11. The van der Waals surface area contributed by atoms with E-state index in [9.17, 15) is 18.3 Å². The van der Waals surface area contributed by atoms with Crippen molar-refractivity contribution in [2.45, 2.75) is 55.0 Å². The first-order chi connectivity index (χ1) is 16.6. The van der Waals surface area contributed by atoms with Gasteiger partial charge in [0.25, 0.3) is 0 Å². The van der Waals surface area contributed by atoms with Gasteiger partial charge in [0.05, 0.1) is 15.9 Å². The van der Waals surface area contributed by atoms with Gasteiger partial charge in [-0.25, -0.2) is 8.42 Å². The van der Waals surface area contributed by atoms with E-state index in [-0.39, 0.29) is 41.1 Å². The Morgan fingerprint density at radius 3 is 2.39 bits per heavy atom. The third kappa shape index (κ3) is 8.05. The number of aliphatic hydroxyl groups is 1. The van der Waals surface area contributed by atoms with Gasteiger partial charge >= 0.3 is 5.97 Å². The van der Waals surface area contributed by atoms with E-state index in [0.29, 0.717) is 23.6 Å². The van der Waals surface area contributed by atoms with Gasteiger partial charge in [-0.2, -0.15) is 0 Å². The monoisotopic (exact) mass is 551 g/mol. The molecule has 0 heterocycles. The van der Waals surface area contributed by atoms with Crippen molar-refractivity contribution in [2.75, 3.05) is 6.54 Å². The maximum atomic E-state index is 13.3. The van der Waals surface area contributed by atoms with Crippen molar-refractivity contribution in [2.24, 2.45) is 0 Å². The number of nitrogens with one attached hydrogen (secondary N) is 1. The molecule has 0 aromatic heterocycles. The highest BCUT2D eigenvalue weighted by Crippen LogP contribution is 2.27. The van der Waals surface area contributed by atoms with Gasteiger partial charge in [0.1, 0.15) is 0 Å². The van der Waals surface area contributed by atoms with E-state index in [1.165, 1.54) is 0 Å². The van der Waals surface area contributed by atoms with Crippen LogP contribution in [0.5, 0.6) is 0 Å². The number of hydrogen-bond donors (Lipinski definition) is 3. The molecular formula is C27H31Cl2NO5S. The Hall–Kier alpha value is -2.42. The molecule has 9 heteroatoms. The fourth-order valence-electron chi connectivity index (χ4n) is 3.91. The van der Waals surface area contributed by atoms with Crippen molar-refractivity contribution in [1.82, 2.24) is 5.32 Å². The number of aryl methyl sites for hydroxylation is 2. The first-order valence-electron chi connectivity index (χ1n) is 11.4. The van der Waals surface area contributed by atoms with Crippen molar-refractivity contribution in [3.63, 3.8) is 0 Å². The number of aliphatic hydroxyl groups excluding tert-OH is 1. The summed E-state index contributed by atoms with van der Waals surface area (Å²) >= 11 is 5.99. The van der Waals surface area contributed by atoms with Crippen LogP contribution >= 0.6 is 24.0 Å². The average molecular weight is 553 g/mol. The Balaban J connectivity index is 0.00000456. The molecule has 0 amide bonds. The van der Waals surface area contributed by atoms with E-state index in [4.69, 9.17) is 16.7 Å². The molecule has 3 aromatic carbocycles. The summed E-state index contributed by atoms with van der Waals surface area (Å²) in [4.78, 5) is 11.3. The van der Waals surface area contributed by atoms with E-state index < -0.39 is 21.9 Å². The van der Waals surface area contributed by atoms with Crippen LogP contribution in [-0.4, -0.2) is 37.2 Å². The molecule has 6 nitrogen and oxygen atoms in total. The molecule has 3 rings (SSSR count). The van der Waals surface area contributed by atoms with Gasteiger partial charge in [-0.15, -0.1) is 12.4 Å². The lowest BCUT2D eigenvalue weighted by atomic mass is 10.1. The molecule has 0 saturated heterocycles. The summed E-state index contributed by atoms with van der Waals surface area (Å²) in [5.41, 5.74) is 3.08. The highest BCUT2D eigenvalue weighted by molar-refractivity contribution is 7.91. The lowest BCUT2D eigenvalue weighted by molar-refractivity contribution is -0.136. The van der Waals surface area contributed by atoms with Crippen molar-refractivity contribution < 1.29 is 23.4 Å². The molecule has 0 aliphatic heterocycles. The second-order valence-electron chi connectivity index (χ2n) is 8.74. The Labute approximate surface area is 223 Å². The minimum absolute atomic E-state index is 0. The van der Waals surface area contributed by atoms with Crippen LogP contribution in [0.25, 0.3) is 0 Å². The number of benzene rings is 3. The quantitative estimate of drug-likeness (QED) is 0.303. The largest absolute Gasteiger partial charge is 0.481 e. The maximum absolute atomic E-state index is 13.3. The zero-order chi connectivity index (χ0) is 25.6. The predicted molar refractivity (Wildman–Crippen MR) is 144 cm³/mol. The first kappa shape index (κ1) is 29.8. The van der Waals surface area contributed by atoms with Crippen LogP contribution in [0.15, 0.2) is 76.5 Å². The van der Waals surface area contributed by atoms with Gasteiger partial charge in [0.15, 0.2) is 0 Å². The van der Waals surface area contributed by atoms with Crippen molar-refractivity contribution >= 4 is 39.8 Å².